The van der Waals surface area contributed by atoms with Crippen molar-refractivity contribution in [3.63, 3.8) is 0 Å². The highest BCUT2D eigenvalue weighted by Gasteiger charge is 2.10. The second-order valence-corrected chi connectivity index (χ2v) is 4.49. The summed E-state index contributed by atoms with van der Waals surface area (Å²) in [5.41, 5.74) is 2.25. The van der Waals surface area contributed by atoms with E-state index in [1.54, 1.807) is 24.3 Å². The monoisotopic (exact) mass is 261 g/mol. The number of aliphatic hydroxyl groups excluding tert-OH is 1. The molecule has 0 amide bonds. The number of benzene rings is 2. The SMILES string of the molecule is Cc1cc(F)cc(NC(CO)c2ccc(O)cc2)c1. The first kappa shape index (κ1) is 13.4. The molecule has 4 heteroatoms. The van der Waals surface area contributed by atoms with Crippen LogP contribution < -0.4 is 5.32 Å². The van der Waals surface area contributed by atoms with Crippen LogP contribution in [0.4, 0.5) is 10.1 Å². The third kappa shape index (κ3) is 3.45. The fraction of sp³-hybridized carbons (Fsp3) is 0.200. The molecule has 0 heterocycles. The van der Waals surface area contributed by atoms with Crippen LogP contribution in [0.25, 0.3) is 0 Å². The lowest BCUT2D eigenvalue weighted by Gasteiger charge is -2.18. The van der Waals surface area contributed by atoms with E-state index in [-0.39, 0.29) is 24.2 Å². The predicted octanol–water partition coefficient (Wildman–Crippen LogP) is 2.99. The summed E-state index contributed by atoms with van der Waals surface area (Å²) in [5, 5.41) is 21.7. The molecule has 0 bridgehead atoms. The van der Waals surface area contributed by atoms with Gasteiger partial charge in [0.05, 0.1) is 12.6 Å². The fourth-order valence-electron chi connectivity index (χ4n) is 1.96. The zero-order valence-corrected chi connectivity index (χ0v) is 10.6. The first-order valence-corrected chi connectivity index (χ1v) is 6.02. The van der Waals surface area contributed by atoms with E-state index >= 15 is 0 Å². The third-order valence-corrected chi connectivity index (χ3v) is 2.86. The number of nitrogens with one attached hydrogen (secondary N) is 1. The summed E-state index contributed by atoms with van der Waals surface area (Å²) >= 11 is 0. The van der Waals surface area contributed by atoms with Crippen molar-refractivity contribution in [3.8, 4) is 5.75 Å². The molecular weight excluding hydrogens is 245 g/mol. The van der Waals surface area contributed by atoms with Crippen LogP contribution in [0.1, 0.15) is 17.2 Å². The number of phenolic OH excluding ortho intramolecular Hbond substituents is 1. The molecule has 0 saturated heterocycles. The van der Waals surface area contributed by atoms with Gasteiger partial charge in [-0.2, -0.15) is 0 Å². The lowest BCUT2D eigenvalue weighted by atomic mass is 10.1. The minimum absolute atomic E-state index is 0.125. The topological polar surface area (TPSA) is 52.5 Å². The predicted molar refractivity (Wildman–Crippen MR) is 72.7 cm³/mol. The molecule has 1 unspecified atom stereocenters. The van der Waals surface area contributed by atoms with Crippen LogP contribution in [0.15, 0.2) is 42.5 Å². The maximum absolute atomic E-state index is 13.3. The number of anilines is 1. The number of aliphatic hydroxyl groups is 1. The number of hydrogen-bond acceptors (Lipinski definition) is 3. The van der Waals surface area contributed by atoms with E-state index in [1.165, 1.54) is 12.1 Å². The minimum Gasteiger partial charge on any atom is -0.508 e. The van der Waals surface area contributed by atoms with Crippen LogP contribution in [0.2, 0.25) is 0 Å². The Bertz CT molecular complexity index is 534. The zero-order valence-electron chi connectivity index (χ0n) is 10.6. The first-order valence-electron chi connectivity index (χ1n) is 6.02. The molecule has 19 heavy (non-hydrogen) atoms. The standard InChI is InChI=1S/C15H16FNO2/c1-10-6-12(16)8-13(7-10)17-15(9-18)11-2-4-14(19)5-3-11/h2-8,15,17-19H,9H2,1H3. The van der Waals surface area contributed by atoms with Gasteiger partial charge in [-0.3, -0.25) is 0 Å². The van der Waals surface area contributed by atoms with E-state index in [0.717, 1.165) is 11.1 Å². The zero-order chi connectivity index (χ0) is 13.8. The van der Waals surface area contributed by atoms with Gasteiger partial charge >= 0.3 is 0 Å². The summed E-state index contributed by atoms with van der Waals surface area (Å²) in [4.78, 5) is 0. The molecule has 2 rings (SSSR count). The highest BCUT2D eigenvalue weighted by atomic mass is 19.1. The fourth-order valence-corrected chi connectivity index (χ4v) is 1.96. The van der Waals surface area contributed by atoms with Crippen LogP contribution in [0, 0.1) is 12.7 Å². The van der Waals surface area contributed by atoms with E-state index in [9.17, 15) is 14.6 Å². The molecule has 1 atom stereocenters. The average Bonchev–Trinajstić information content (AvgIpc) is 2.36. The summed E-state index contributed by atoms with van der Waals surface area (Å²) in [6.07, 6.45) is 0. The molecule has 0 saturated carbocycles. The smallest absolute Gasteiger partial charge is 0.125 e. The highest BCUT2D eigenvalue weighted by molar-refractivity contribution is 5.48. The van der Waals surface area contributed by atoms with Gasteiger partial charge in [-0.05, 0) is 48.4 Å². The summed E-state index contributed by atoms with van der Waals surface area (Å²) in [7, 11) is 0. The Labute approximate surface area is 111 Å². The number of aromatic hydroxyl groups is 1. The molecule has 0 aliphatic heterocycles. The Morgan fingerprint density at radius 3 is 2.42 bits per heavy atom. The quantitative estimate of drug-likeness (QED) is 0.793. The van der Waals surface area contributed by atoms with E-state index < -0.39 is 0 Å². The second-order valence-electron chi connectivity index (χ2n) is 4.49. The van der Waals surface area contributed by atoms with E-state index in [0.29, 0.717) is 5.69 Å². The molecule has 0 aromatic heterocycles. The maximum Gasteiger partial charge on any atom is 0.125 e. The number of rotatable bonds is 4. The first-order chi connectivity index (χ1) is 9.08. The van der Waals surface area contributed by atoms with Gasteiger partial charge in [0.15, 0.2) is 0 Å². The summed E-state index contributed by atoms with van der Waals surface area (Å²) in [6.45, 7) is 1.68. The van der Waals surface area contributed by atoms with Crippen molar-refractivity contribution in [1.82, 2.24) is 0 Å². The number of hydrogen-bond donors (Lipinski definition) is 3. The summed E-state index contributed by atoms with van der Waals surface area (Å²) in [5.74, 6) is -0.146. The molecule has 0 aliphatic rings. The normalized spacial score (nSPS) is 12.2. The lowest BCUT2D eigenvalue weighted by molar-refractivity contribution is 0.276. The summed E-state index contributed by atoms with van der Waals surface area (Å²) in [6, 6.07) is 10.8. The summed E-state index contributed by atoms with van der Waals surface area (Å²) < 4.78 is 13.3. The largest absolute Gasteiger partial charge is 0.508 e. The van der Waals surface area contributed by atoms with Gasteiger partial charge in [0.1, 0.15) is 11.6 Å². The molecular formula is C15H16FNO2. The molecule has 3 N–H and O–H groups in total. The Morgan fingerprint density at radius 1 is 1.16 bits per heavy atom. The van der Waals surface area contributed by atoms with E-state index in [2.05, 4.69) is 5.32 Å². The third-order valence-electron chi connectivity index (χ3n) is 2.86. The number of phenols is 1. The average molecular weight is 261 g/mol. The second kappa shape index (κ2) is 5.71. The van der Waals surface area contributed by atoms with Gasteiger partial charge in [-0.25, -0.2) is 4.39 Å². The number of halogens is 1. The van der Waals surface area contributed by atoms with Crippen LogP contribution in [-0.2, 0) is 0 Å². The van der Waals surface area contributed by atoms with Gasteiger partial charge in [0, 0.05) is 5.69 Å². The van der Waals surface area contributed by atoms with Crippen molar-refractivity contribution in [2.24, 2.45) is 0 Å². The molecule has 0 aliphatic carbocycles. The Balaban J connectivity index is 2.21. The van der Waals surface area contributed by atoms with Crippen molar-refractivity contribution >= 4 is 5.69 Å². The van der Waals surface area contributed by atoms with Crippen molar-refractivity contribution in [2.75, 3.05) is 11.9 Å². The Hall–Kier alpha value is -2.07. The number of aryl methyl sites for hydroxylation is 1. The molecule has 2 aromatic carbocycles. The van der Waals surface area contributed by atoms with Crippen LogP contribution in [0.3, 0.4) is 0 Å². The van der Waals surface area contributed by atoms with Crippen molar-refractivity contribution in [3.05, 3.63) is 59.4 Å². The minimum atomic E-state index is -0.346. The molecule has 100 valence electrons. The van der Waals surface area contributed by atoms with E-state index in [4.69, 9.17) is 0 Å². The molecule has 0 spiro atoms. The van der Waals surface area contributed by atoms with Crippen molar-refractivity contribution in [2.45, 2.75) is 13.0 Å². The molecule has 2 aromatic rings. The molecule has 0 radical (unpaired) electrons. The van der Waals surface area contributed by atoms with Gasteiger partial charge in [-0.1, -0.05) is 12.1 Å². The molecule has 3 nitrogen and oxygen atoms in total. The van der Waals surface area contributed by atoms with Crippen molar-refractivity contribution in [1.29, 1.82) is 0 Å². The van der Waals surface area contributed by atoms with Gasteiger partial charge < -0.3 is 15.5 Å². The van der Waals surface area contributed by atoms with Gasteiger partial charge in [0.25, 0.3) is 0 Å². The maximum atomic E-state index is 13.3. The lowest BCUT2D eigenvalue weighted by Crippen LogP contribution is -2.14. The van der Waals surface area contributed by atoms with Gasteiger partial charge in [-0.15, -0.1) is 0 Å². The van der Waals surface area contributed by atoms with Crippen LogP contribution in [0.5, 0.6) is 5.75 Å². The van der Waals surface area contributed by atoms with Crippen LogP contribution >= 0.6 is 0 Å². The Kier molecular flexibility index (Phi) is 4.02. The Morgan fingerprint density at radius 2 is 1.84 bits per heavy atom. The van der Waals surface area contributed by atoms with E-state index in [1.807, 2.05) is 13.0 Å². The van der Waals surface area contributed by atoms with Crippen LogP contribution in [-0.4, -0.2) is 16.8 Å². The highest BCUT2D eigenvalue weighted by Crippen LogP contribution is 2.22. The van der Waals surface area contributed by atoms with Crippen molar-refractivity contribution < 1.29 is 14.6 Å². The van der Waals surface area contributed by atoms with Gasteiger partial charge in [0.2, 0.25) is 0 Å². The molecule has 0 fully saturated rings.